The number of nitrogens with zero attached hydrogens (tertiary/aromatic N) is 2. The third-order valence-corrected chi connectivity index (χ3v) is 4.78. The number of benzene rings is 2. The Morgan fingerprint density at radius 3 is 2.39 bits per heavy atom. The van der Waals surface area contributed by atoms with Gasteiger partial charge < -0.3 is 5.32 Å². The second-order valence-electron chi connectivity index (χ2n) is 6.95. The highest BCUT2D eigenvalue weighted by Crippen LogP contribution is 2.43. The molecule has 0 bridgehead atoms. The molecule has 1 amide bonds. The third kappa shape index (κ3) is 3.65. The summed E-state index contributed by atoms with van der Waals surface area (Å²) in [5.74, 6) is -0.119. The number of carbonyl (C=O) groups excluding carboxylic acids is 1. The van der Waals surface area contributed by atoms with Gasteiger partial charge in [0.2, 0.25) is 0 Å². The molecule has 7 heteroatoms. The van der Waals surface area contributed by atoms with Gasteiger partial charge in [-0.3, -0.25) is 4.79 Å². The number of carbonyl (C=O) groups is 1. The zero-order valence-electron chi connectivity index (χ0n) is 15.1. The fourth-order valence-electron chi connectivity index (χ4n) is 3.12. The van der Waals surface area contributed by atoms with E-state index in [1.165, 1.54) is 4.68 Å². The summed E-state index contributed by atoms with van der Waals surface area (Å²) in [6, 6.07) is 15.0. The molecule has 0 radical (unpaired) electrons. The average molecular weight is 385 g/mol. The standard InChI is InChI=1S/C21H18F3N3O/c1-13-4-2-3-5-17(13)20(28)25-15-8-10-16(11-9-15)27-18(14-6-7-14)12-19(26-27)21(22,23)24/h2-5,8-12,14H,6-7H2,1H3,(H,25,28). The van der Waals surface area contributed by atoms with E-state index < -0.39 is 11.9 Å². The van der Waals surface area contributed by atoms with Crippen LogP contribution in [-0.2, 0) is 6.18 Å². The maximum absolute atomic E-state index is 13.1. The van der Waals surface area contributed by atoms with Crippen molar-refractivity contribution in [2.24, 2.45) is 0 Å². The number of rotatable bonds is 4. The number of aryl methyl sites for hydroxylation is 1. The van der Waals surface area contributed by atoms with Gasteiger partial charge in [0.25, 0.3) is 5.91 Å². The van der Waals surface area contributed by atoms with Crippen LogP contribution < -0.4 is 5.32 Å². The molecule has 28 heavy (non-hydrogen) atoms. The molecular formula is C21H18F3N3O. The minimum Gasteiger partial charge on any atom is -0.322 e. The molecule has 3 aromatic rings. The summed E-state index contributed by atoms with van der Waals surface area (Å²) in [5, 5.41) is 6.58. The molecule has 144 valence electrons. The molecule has 1 fully saturated rings. The van der Waals surface area contributed by atoms with E-state index in [1.807, 2.05) is 19.1 Å². The van der Waals surface area contributed by atoms with Crippen LogP contribution >= 0.6 is 0 Å². The zero-order chi connectivity index (χ0) is 19.9. The van der Waals surface area contributed by atoms with Crippen LogP contribution in [0.1, 0.15) is 46.1 Å². The molecule has 0 unspecified atom stereocenters. The Morgan fingerprint density at radius 2 is 1.79 bits per heavy atom. The SMILES string of the molecule is Cc1ccccc1C(=O)Nc1ccc(-n2nc(C(F)(F)F)cc2C2CC2)cc1. The van der Waals surface area contributed by atoms with Crippen molar-refractivity contribution in [2.75, 3.05) is 5.32 Å². The predicted molar refractivity (Wildman–Crippen MR) is 99.7 cm³/mol. The lowest BCUT2D eigenvalue weighted by atomic mass is 10.1. The first-order chi connectivity index (χ1) is 13.3. The Labute approximate surface area is 160 Å². The lowest BCUT2D eigenvalue weighted by molar-refractivity contribution is -0.141. The first-order valence-electron chi connectivity index (χ1n) is 8.97. The van der Waals surface area contributed by atoms with E-state index in [0.29, 0.717) is 22.6 Å². The molecule has 1 N–H and O–H groups in total. The van der Waals surface area contributed by atoms with E-state index in [4.69, 9.17) is 0 Å². The normalized spacial score (nSPS) is 14.1. The Bertz CT molecular complexity index is 1020. The monoisotopic (exact) mass is 385 g/mol. The molecule has 1 saturated carbocycles. The van der Waals surface area contributed by atoms with Crippen LogP contribution in [0.3, 0.4) is 0 Å². The number of hydrogen-bond acceptors (Lipinski definition) is 2. The Hall–Kier alpha value is -3.09. The van der Waals surface area contributed by atoms with E-state index in [-0.39, 0.29) is 11.8 Å². The van der Waals surface area contributed by atoms with Gasteiger partial charge in [0.1, 0.15) is 0 Å². The van der Waals surface area contributed by atoms with Gasteiger partial charge in [0.05, 0.1) is 5.69 Å². The molecule has 2 aromatic carbocycles. The minimum absolute atomic E-state index is 0.115. The largest absolute Gasteiger partial charge is 0.435 e. The molecule has 0 atom stereocenters. The van der Waals surface area contributed by atoms with Crippen LogP contribution in [0.25, 0.3) is 5.69 Å². The van der Waals surface area contributed by atoms with Gasteiger partial charge >= 0.3 is 6.18 Å². The summed E-state index contributed by atoms with van der Waals surface area (Å²) in [4.78, 5) is 12.4. The van der Waals surface area contributed by atoms with Crippen LogP contribution in [0.2, 0.25) is 0 Å². The van der Waals surface area contributed by atoms with Crippen molar-refractivity contribution in [3.63, 3.8) is 0 Å². The summed E-state index contributed by atoms with van der Waals surface area (Å²) < 4.78 is 40.5. The maximum atomic E-state index is 13.1. The number of hydrogen-bond donors (Lipinski definition) is 1. The highest BCUT2D eigenvalue weighted by atomic mass is 19.4. The van der Waals surface area contributed by atoms with Crippen LogP contribution in [0.5, 0.6) is 0 Å². The Balaban J connectivity index is 1.58. The summed E-state index contributed by atoms with van der Waals surface area (Å²) in [7, 11) is 0. The van der Waals surface area contributed by atoms with E-state index in [9.17, 15) is 18.0 Å². The van der Waals surface area contributed by atoms with E-state index in [1.54, 1.807) is 36.4 Å². The molecule has 4 rings (SSSR count). The molecule has 4 nitrogen and oxygen atoms in total. The summed E-state index contributed by atoms with van der Waals surface area (Å²) in [6.07, 6.45) is -2.74. The van der Waals surface area contributed by atoms with Gasteiger partial charge in [0.15, 0.2) is 5.69 Å². The summed E-state index contributed by atoms with van der Waals surface area (Å²) >= 11 is 0. The van der Waals surface area contributed by atoms with Crippen molar-refractivity contribution in [3.8, 4) is 5.69 Å². The van der Waals surface area contributed by atoms with Crippen molar-refractivity contribution in [3.05, 3.63) is 77.1 Å². The second-order valence-corrected chi connectivity index (χ2v) is 6.95. The molecule has 0 spiro atoms. The molecule has 1 aliphatic carbocycles. The number of halogens is 3. The lowest BCUT2D eigenvalue weighted by Gasteiger charge is -2.10. The van der Waals surface area contributed by atoms with Crippen LogP contribution in [-0.4, -0.2) is 15.7 Å². The molecule has 0 saturated heterocycles. The fraction of sp³-hybridized carbons (Fsp3) is 0.238. The molecule has 1 aromatic heterocycles. The first kappa shape index (κ1) is 18.3. The zero-order valence-corrected chi connectivity index (χ0v) is 15.1. The van der Waals surface area contributed by atoms with Gasteiger partial charge in [-0.25, -0.2) is 4.68 Å². The second kappa shape index (κ2) is 6.82. The highest BCUT2D eigenvalue weighted by molar-refractivity contribution is 6.05. The van der Waals surface area contributed by atoms with Crippen LogP contribution in [0.15, 0.2) is 54.6 Å². The molecule has 1 aliphatic rings. The topological polar surface area (TPSA) is 46.9 Å². The van der Waals surface area contributed by atoms with Crippen LogP contribution in [0, 0.1) is 6.92 Å². The average Bonchev–Trinajstić information content (AvgIpc) is 3.39. The van der Waals surface area contributed by atoms with Gasteiger partial charge in [-0.1, -0.05) is 18.2 Å². The van der Waals surface area contributed by atoms with Crippen LogP contribution in [0.4, 0.5) is 18.9 Å². The first-order valence-corrected chi connectivity index (χ1v) is 8.97. The van der Waals surface area contributed by atoms with E-state index in [2.05, 4.69) is 10.4 Å². The van der Waals surface area contributed by atoms with Crippen molar-refractivity contribution in [1.29, 1.82) is 0 Å². The highest BCUT2D eigenvalue weighted by Gasteiger charge is 2.38. The quantitative estimate of drug-likeness (QED) is 0.660. The molecule has 1 heterocycles. The number of amides is 1. The number of anilines is 1. The van der Waals surface area contributed by atoms with Gasteiger partial charge in [-0.15, -0.1) is 0 Å². The van der Waals surface area contributed by atoms with Gasteiger partial charge in [0, 0.05) is 22.9 Å². The summed E-state index contributed by atoms with van der Waals surface area (Å²) in [5.41, 5.74) is 2.22. The van der Waals surface area contributed by atoms with E-state index >= 15 is 0 Å². The molecular weight excluding hydrogens is 367 g/mol. The van der Waals surface area contributed by atoms with Gasteiger partial charge in [-0.05, 0) is 61.7 Å². The lowest BCUT2D eigenvalue weighted by Crippen LogP contribution is -2.13. The van der Waals surface area contributed by atoms with Crippen molar-refractivity contribution in [2.45, 2.75) is 31.9 Å². The predicted octanol–water partition coefficient (Wildman–Crippen LogP) is 5.33. The van der Waals surface area contributed by atoms with Crippen molar-refractivity contribution >= 4 is 11.6 Å². The van der Waals surface area contributed by atoms with Crippen molar-refractivity contribution < 1.29 is 18.0 Å². The Morgan fingerprint density at radius 1 is 1.11 bits per heavy atom. The van der Waals surface area contributed by atoms with Crippen molar-refractivity contribution in [1.82, 2.24) is 9.78 Å². The number of alkyl halides is 3. The minimum atomic E-state index is -4.48. The smallest absolute Gasteiger partial charge is 0.322 e. The molecule has 0 aliphatic heterocycles. The van der Waals surface area contributed by atoms with Gasteiger partial charge in [-0.2, -0.15) is 18.3 Å². The van der Waals surface area contributed by atoms with E-state index in [0.717, 1.165) is 24.5 Å². The third-order valence-electron chi connectivity index (χ3n) is 4.78. The number of aromatic nitrogens is 2. The Kier molecular flexibility index (Phi) is 4.45. The fourth-order valence-corrected chi connectivity index (χ4v) is 3.12. The maximum Gasteiger partial charge on any atom is 0.435 e. The number of nitrogens with one attached hydrogen (secondary N) is 1. The summed E-state index contributed by atoms with van der Waals surface area (Å²) in [6.45, 7) is 1.85.